The highest BCUT2D eigenvalue weighted by atomic mass is 32.2. The van der Waals surface area contributed by atoms with Crippen LogP contribution in [0.2, 0.25) is 0 Å². The van der Waals surface area contributed by atoms with Gasteiger partial charge in [0.1, 0.15) is 0 Å². The van der Waals surface area contributed by atoms with Crippen LogP contribution in [-0.2, 0) is 16.6 Å². The van der Waals surface area contributed by atoms with Crippen molar-refractivity contribution in [3.8, 4) is 0 Å². The van der Waals surface area contributed by atoms with Crippen molar-refractivity contribution in [3.05, 3.63) is 99.6 Å². The minimum atomic E-state index is -4.08. The Labute approximate surface area is 182 Å². The first-order valence-electron chi connectivity index (χ1n) is 9.13. The van der Waals surface area contributed by atoms with Gasteiger partial charge in [-0.25, -0.2) is 17.2 Å². The minimum Gasteiger partial charge on any atom is -0.337 e. The fourth-order valence-electron chi connectivity index (χ4n) is 2.86. The van der Waals surface area contributed by atoms with Crippen molar-refractivity contribution in [1.82, 2.24) is 4.90 Å². The summed E-state index contributed by atoms with van der Waals surface area (Å²) in [7, 11) is -2.59. The molecule has 0 atom stereocenters. The van der Waals surface area contributed by atoms with Gasteiger partial charge in [-0.15, -0.1) is 0 Å². The molecule has 8 nitrogen and oxygen atoms in total. The van der Waals surface area contributed by atoms with Crippen LogP contribution >= 0.6 is 0 Å². The molecule has 0 aromatic heterocycles. The molecule has 0 heterocycles. The summed E-state index contributed by atoms with van der Waals surface area (Å²) < 4.78 is 53.7. The number of hydrogen-bond donors (Lipinski definition) is 1. The monoisotopic (exact) mass is 461 g/mol. The van der Waals surface area contributed by atoms with Gasteiger partial charge in [0, 0.05) is 37.0 Å². The van der Waals surface area contributed by atoms with Crippen molar-refractivity contribution >= 4 is 27.3 Å². The van der Waals surface area contributed by atoms with E-state index in [0.717, 1.165) is 18.2 Å². The Hall–Kier alpha value is -3.86. The number of carbonyl (C=O) groups excluding carboxylic acids is 1. The van der Waals surface area contributed by atoms with Crippen LogP contribution < -0.4 is 4.72 Å². The summed E-state index contributed by atoms with van der Waals surface area (Å²) in [5, 5.41) is 10.9. The summed E-state index contributed by atoms with van der Waals surface area (Å²) in [6, 6.07) is 13.5. The molecule has 0 saturated carbocycles. The predicted molar refractivity (Wildman–Crippen MR) is 113 cm³/mol. The third kappa shape index (κ3) is 5.24. The van der Waals surface area contributed by atoms with E-state index in [9.17, 15) is 32.1 Å². The predicted octanol–water partition coefficient (Wildman–Crippen LogP) is 3.95. The molecule has 32 heavy (non-hydrogen) atoms. The normalized spacial score (nSPS) is 11.1. The van der Waals surface area contributed by atoms with Crippen molar-refractivity contribution in [2.75, 3.05) is 11.8 Å². The molecule has 0 unspecified atom stereocenters. The number of sulfonamides is 1. The molecular formula is C21H17F2N3O5S. The number of non-ortho nitro benzene ring substituents is 1. The van der Waals surface area contributed by atoms with E-state index in [0.29, 0.717) is 5.56 Å². The molecule has 166 valence electrons. The summed E-state index contributed by atoms with van der Waals surface area (Å²) >= 11 is 0. The molecule has 0 radical (unpaired) electrons. The smallest absolute Gasteiger partial charge is 0.270 e. The molecule has 0 fully saturated rings. The number of anilines is 1. The number of halogens is 2. The highest BCUT2D eigenvalue weighted by molar-refractivity contribution is 7.92. The third-order valence-electron chi connectivity index (χ3n) is 4.47. The summed E-state index contributed by atoms with van der Waals surface area (Å²) in [5.41, 5.74) is 0.434. The summed E-state index contributed by atoms with van der Waals surface area (Å²) in [6.45, 7) is 0.0389. The van der Waals surface area contributed by atoms with Crippen LogP contribution in [0.1, 0.15) is 15.9 Å². The Morgan fingerprint density at radius 2 is 1.72 bits per heavy atom. The first-order valence-corrected chi connectivity index (χ1v) is 10.6. The zero-order valence-electron chi connectivity index (χ0n) is 16.7. The van der Waals surface area contributed by atoms with E-state index in [4.69, 9.17) is 0 Å². The third-order valence-corrected chi connectivity index (χ3v) is 5.85. The van der Waals surface area contributed by atoms with E-state index < -0.39 is 32.5 Å². The Bertz CT molecular complexity index is 1280. The van der Waals surface area contributed by atoms with E-state index in [2.05, 4.69) is 4.72 Å². The number of hydrogen-bond acceptors (Lipinski definition) is 5. The Morgan fingerprint density at radius 3 is 2.34 bits per heavy atom. The average Bonchev–Trinajstić information content (AvgIpc) is 2.76. The van der Waals surface area contributed by atoms with Crippen LogP contribution in [0.25, 0.3) is 0 Å². The lowest BCUT2D eigenvalue weighted by atomic mass is 10.1. The molecule has 3 aromatic rings. The van der Waals surface area contributed by atoms with Crippen molar-refractivity contribution in [2.24, 2.45) is 0 Å². The van der Waals surface area contributed by atoms with Crippen molar-refractivity contribution in [1.29, 1.82) is 0 Å². The molecule has 0 bridgehead atoms. The van der Waals surface area contributed by atoms with Gasteiger partial charge in [0.2, 0.25) is 0 Å². The van der Waals surface area contributed by atoms with Crippen LogP contribution in [0.4, 0.5) is 20.2 Å². The number of carbonyl (C=O) groups is 1. The second kappa shape index (κ2) is 9.10. The highest BCUT2D eigenvalue weighted by Gasteiger charge is 2.18. The number of rotatable bonds is 7. The first kappa shape index (κ1) is 22.8. The minimum absolute atomic E-state index is 0.0389. The standard InChI is InChI=1S/C21H17F2N3O5S/c1-25(13-14-5-10-19(22)20(23)11-14)21(27)15-6-8-16(9-7-15)24-32(30,31)18-4-2-3-17(12-18)26(28)29/h2-12,24H,13H2,1H3. The van der Waals surface area contributed by atoms with Gasteiger partial charge in [-0.1, -0.05) is 12.1 Å². The van der Waals surface area contributed by atoms with E-state index in [1.807, 2.05) is 0 Å². The van der Waals surface area contributed by atoms with Crippen LogP contribution in [-0.4, -0.2) is 31.2 Å². The first-order chi connectivity index (χ1) is 15.1. The number of amides is 1. The van der Waals surface area contributed by atoms with Crippen LogP contribution in [0.15, 0.2) is 71.6 Å². The molecule has 0 spiro atoms. The molecule has 0 aliphatic rings. The number of nitrogens with one attached hydrogen (secondary N) is 1. The van der Waals surface area contributed by atoms with Gasteiger partial charge in [-0.3, -0.25) is 19.6 Å². The maximum Gasteiger partial charge on any atom is 0.270 e. The van der Waals surface area contributed by atoms with E-state index in [1.165, 1.54) is 60.5 Å². The number of nitro groups is 1. The van der Waals surface area contributed by atoms with Crippen LogP contribution in [0.5, 0.6) is 0 Å². The fourth-order valence-corrected chi connectivity index (χ4v) is 3.96. The summed E-state index contributed by atoms with van der Waals surface area (Å²) in [6.07, 6.45) is 0. The topological polar surface area (TPSA) is 110 Å². The molecule has 1 amide bonds. The average molecular weight is 461 g/mol. The Morgan fingerprint density at radius 1 is 1.03 bits per heavy atom. The lowest BCUT2D eigenvalue weighted by Crippen LogP contribution is -2.26. The second-order valence-electron chi connectivity index (χ2n) is 6.85. The van der Waals surface area contributed by atoms with Gasteiger partial charge in [0.05, 0.1) is 9.82 Å². The van der Waals surface area contributed by atoms with Crippen molar-refractivity contribution < 1.29 is 26.9 Å². The lowest BCUT2D eigenvalue weighted by Gasteiger charge is -2.18. The maximum absolute atomic E-state index is 13.3. The van der Waals surface area contributed by atoms with Gasteiger partial charge < -0.3 is 4.90 Å². The molecular weight excluding hydrogens is 444 g/mol. The molecule has 0 aliphatic carbocycles. The molecule has 0 saturated heterocycles. The SMILES string of the molecule is CN(Cc1ccc(F)c(F)c1)C(=O)c1ccc(NS(=O)(=O)c2cccc([N+](=O)[O-])c2)cc1. The van der Waals surface area contributed by atoms with E-state index >= 15 is 0 Å². The lowest BCUT2D eigenvalue weighted by molar-refractivity contribution is -0.385. The molecule has 3 aromatic carbocycles. The molecule has 11 heteroatoms. The van der Waals surface area contributed by atoms with Gasteiger partial charge in [-0.05, 0) is 48.0 Å². The van der Waals surface area contributed by atoms with Gasteiger partial charge in [0.25, 0.3) is 21.6 Å². The zero-order valence-corrected chi connectivity index (χ0v) is 17.5. The molecule has 1 N–H and O–H groups in total. The number of nitrogens with zero attached hydrogens (tertiary/aromatic N) is 2. The fraction of sp³-hybridized carbons (Fsp3) is 0.0952. The summed E-state index contributed by atoms with van der Waals surface area (Å²) in [5.74, 6) is -2.41. The van der Waals surface area contributed by atoms with Gasteiger partial charge in [-0.2, -0.15) is 0 Å². The van der Waals surface area contributed by atoms with Gasteiger partial charge in [0.15, 0.2) is 11.6 Å². The van der Waals surface area contributed by atoms with Crippen molar-refractivity contribution in [3.63, 3.8) is 0 Å². The largest absolute Gasteiger partial charge is 0.337 e. The number of benzene rings is 3. The quantitative estimate of drug-likeness (QED) is 0.423. The molecule has 0 aliphatic heterocycles. The van der Waals surface area contributed by atoms with Crippen LogP contribution in [0.3, 0.4) is 0 Å². The van der Waals surface area contributed by atoms with E-state index in [1.54, 1.807) is 0 Å². The highest BCUT2D eigenvalue weighted by Crippen LogP contribution is 2.21. The summed E-state index contributed by atoms with van der Waals surface area (Å²) in [4.78, 5) is 23.8. The number of nitro benzene ring substituents is 1. The Kier molecular flexibility index (Phi) is 6.49. The van der Waals surface area contributed by atoms with Gasteiger partial charge >= 0.3 is 0 Å². The Balaban J connectivity index is 1.71. The zero-order chi connectivity index (χ0) is 23.5. The maximum atomic E-state index is 13.3. The van der Waals surface area contributed by atoms with Crippen LogP contribution in [0, 0.1) is 21.7 Å². The van der Waals surface area contributed by atoms with Crippen molar-refractivity contribution in [2.45, 2.75) is 11.4 Å². The molecule has 3 rings (SSSR count). The second-order valence-corrected chi connectivity index (χ2v) is 8.53. The van der Waals surface area contributed by atoms with E-state index in [-0.39, 0.29) is 28.4 Å².